The van der Waals surface area contributed by atoms with E-state index in [9.17, 15) is 0 Å². The molecule has 0 saturated heterocycles. The van der Waals surface area contributed by atoms with Gasteiger partial charge in [0.05, 0.1) is 0 Å². The van der Waals surface area contributed by atoms with Gasteiger partial charge in [-0.1, -0.05) is 29.8 Å². The van der Waals surface area contributed by atoms with E-state index in [2.05, 4.69) is 42.8 Å². The van der Waals surface area contributed by atoms with Gasteiger partial charge >= 0.3 is 0 Å². The van der Waals surface area contributed by atoms with Crippen molar-refractivity contribution >= 4 is 26.9 Å². The number of benzene rings is 1. The second kappa shape index (κ2) is 3.43. The quantitative estimate of drug-likeness (QED) is 0.722. The summed E-state index contributed by atoms with van der Waals surface area (Å²) in [7, 11) is 0. The highest BCUT2D eigenvalue weighted by Gasteiger charge is 2.12. The monoisotopic (exact) mass is 252 g/mol. The molecule has 2 rings (SSSR count). The summed E-state index contributed by atoms with van der Waals surface area (Å²) in [6, 6.07) is 6.13. The molecule has 0 saturated carbocycles. The lowest BCUT2D eigenvalue weighted by atomic mass is 10.1. The minimum atomic E-state index is 0.446. The highest BCUT2D eigenvalue weighted by atomic mass is 79.9. The second-order valence-electron chi connectivity index (χ2n) is 3.89. The predicted molar refractivity (Wildman–Crippen MR) is 62.7 cm³/mol. The second-order valence-corrected chi connectivity index (χ2v) is 4.80. The molecule has 0 spiro atoms. The summed E-state index contributed by atoms with van der Waals surface area (Å²) in [5, 5.41) is 1.21. The molecule has 0 amide bonds. The molecule has 0 aliphatic rings. The maximum atomic E-state index is 5.79. The fourth-order valence-electron chi connectivity index (χ4n) is 1.76. The van der Waals surface area contributed by atoms with Crippen LogP contribution in [0, 0.1) is 6.92 Å². The summed E-state index contributed by atoms with van der Waals surface area (Å²) in [5.74, 6) is 1.54. The van der Waals surface area contributed by atoms with Gasteiger partial charge in [0.1, 0.15) is 11.3 Å². The van der Waals surface area contributed by atoms with Gasteiger partial charge in [0.15, 0.2) is 0 Å². The van der Waals surface area contributed by atoms with Crippen LogP contribution in [-0.4, -0.2) is 0 Å². The van der Waals surface area contributed by atoms with E-state index in [0.29, 0.717) is 5.92 Å². The van der Waals surface area contributed by atoms with E-state index in [1.165, 1.54) is 10.9 Å². The molecule has 1 heterocycles. The number of furan rings is 1. The van der Waals surface area contributed by atoms with Gasteiger partial charge < -0.3 is 4.42 Å². The normalized spacial score (nSPS) is 11.5. The highest BCUT2D eigenvalue weighted by molar-refractivity contribution is 9.10. The van der Waals surface area contributed by atoms with Gasteiger partial charge in [-0.25, -0.2) is 0 Å². The van der Waals surface area contributed by atoms with Crippen molar-refractivity contribution in [2.24, 2.45) is 0 Å². The number of rotatable bonds is 1. The number of aryl methyl sites for hydroxylation is 1. The SMILES string of the molecule is Cc1c(C(C)C)oc2ccc(Br)cc12. The van der Waals surface area contributed by atoms with Gasteiger partial charge in [0.2, 0.25) is 0 Å². The van der Waals surface area contributed by atoms with E-state index in [-0.39, 0.29) is 0 Å². The van der Waals surface area contributed by atoms with E-state index in [0.717, 1.165) is 15.8 Å². The van der Waals surface area contributed by atoms with E-state index < -0.39 is 0 Å². The zero-order valence-corrected chi connectivity index (χ0v) is 10.2. The topological polar surface area (TPSA) is 13.1 Å². The molecule has 1 aromatic heterocycles. The van der Waals surface area contributed by atoms with Crippen LogP contribution in [0.2, 0.25) is 0 Å². The van der Waals surface area contributed by atoms with E-state index in [1.807, 2.05) is 12.1 Å². The van der Waals surface area contributed by atoms with E-state index in [4.69, 9.17) is 4.42 Å². The smallest absolute Gasteiger partial charge is 0.134 e. The van der Waals surface area contributed by atoms with Crippen LogP contribution in [0.5, 0.6) is 0 Å². The maximum absolute atomic E-state index is 5.79. The molecule has 0 bridgehead atoms. The van der Waals surface area contributed by atoms with Crippen molar-refractivity contribution < 1.29 is 4.42 Å². The Morgan fingerprint density at radius 2 is 2.00 bits per heavy atom. The summed E-state index contributed by atoms with van der Waals surface area (Å²) in [5.41, 5.74) is 2.24. The van der Waals surface area contributed by atoms with Crippen molar-refractivity contribution in [3.8, 4) is 0 Å². The standard InChI is InChI=1S/C12H13BrO/c1-7(2)12-8(3)10-6-9(13)4-5-11(10)14-12/h4-7H,1-3H3. The van der Waals surface area contributed by atoms with Crippen LogP contribution in [0.25, 0.3) is 11.0 Å². The molecule has 0 radical (unpaired) electrons. The largest absolute Gasteiger partial charge is 0.461 e. The van der Waals surface area contributed by atoms with Gasteiger partial charge in [0.25, 0.3) is 0 Å². The Bertz CT molecular complexity index is 468. The van der Waals surface area contributed by atoms with Crippen LogP contribution in [0.1, 0.15) is 31.1 Å². The third kappa shape index (κ3) is 1.48. The third-order valence-electron chi connectivity index (χ3n) is 2.46. The number of hydrogen-bond acceptors (Lipinski definition) is 1. The highest BCUT2D eigenvalue weighted by Crippen LogP contribution is 2.31. The summed E-state index contributed by atoms with van der Waals surface area (Å²) in [6.45, 7) is 6.42. The molecular formula is C12H13BrO. The molecule has 0 aliphatic heterocycles. The Labute approximate surface area is 92.2 Å². The van der Waals surface area contributed by atoms with E-state index >= 15 is 0 Å². The third-order valence-corrected chi connectivity index (χ3v) is 2.95. The number of hydrogen-bond donors (Lipinski definition) is 0. The first kappa shape index (κ1) is 9.78. The van der Waals surface area contributed by atoms with Gasteiger partial charge in [-0.15, -0.1) is 0 Å². The van der Waals surface area contributed by atoms with Crippen molar-refractivity contribution in [2.45, 2.75) is 26.7 Å². The molecule has 0 N–H and O–H groups in total. The predicted octanol–water partition coefficient (Wildman–Crippen LogP) is 4.63. The van der Waals surface area contributed by atoms with Crippen LogP contribution in [0.15, 0.2) is 27.1 Å². The maximum Gasteiger partial charge on any atom is 0.134 e. The van der Waals surface area contributed by atoms with Crippen molar-refractivity contribution in [3.63, 3.8) is 0 Å². The Morgan fingerprint density at radius 1 is 1.29 bits per heavy atom. The van der Waals surface area contributed by atoms with Crippen LogP contribution in [0.4, 0.5) is 0 Å². The molecule has 0 atom stereocenters. The molecule has 0 aliphatic carbocycles. The molecule has 1 aromatic carbocycles. The molecule has 0 fully saturated rings. The molecule has 2 heteroatoms. The van der Waals surface area contributed by atoms with Crippen LogP contribution in [0.3, 0.4) is 0 Å². The van der Waals surface area contributed by atoms with Crippen LogP contribution >= 0.6 is 15.9 Å². The Hall–Kier alpha value is -0.760. The molecule has 2 aromatic rings. The average molecular weight is 253 g/mol. The summed E-state index contributed by atoms with van der Waals surface area (Å²) in [6.07, 6.45) is 0. The zero-order valence-electron chi connectivity index (χ0n) is 8.60. The Kier molecular flexibility index (Phi) is 2.40. The first-order chi connectivity index (χ1) is 6.59. The number of fused-ring (bicyclic) bond motifs is 1. The first-order valence-corrected chi connectivity index (χ1v) is 5.57. The van der Waals surface area contributed by atoms with E-state index in [1.54, 1.807) is 0 Å². The summed E-state index contributed by atoms with van der Waals surface area (Å²) < 4.78 is 6.90. The summed E-state index contributed by atoms with van der Waals surface area (Å²) >= 11 is 3.47. The molecule has 14 heavy (non-hydrogen) atoms. The van der Waals surface area contributed by atoms with Crippen molar-refractivity contribution in [3.05, 3.63) is 34.0 Å². The number of halogens is 1. The minimum absolute atomic E-state index is 0.446. The fraction of sp³-hybridized carbons (Fsp3) is 0.333. The molecule has 1 nitrogen and oxygen atoms in total. The lowest BCUT2D eigenvalue weighted by molar-refractivity contribution is 0.518. The lowest BCUT2D eigenvalue weighted by Crippen LogP contribution is -1.85. The summed E-state index contributed by atoms with van der Waals surface area (Å²) in [4.78, 5) is 0. The van der Waals surface area contributed by atoms with Gasteiger partial charge in [-0.05, 0) is 30.7 Å². The van der Waals surface area contributed by atoms with Gasteiger partial charge in [-0.3, -0.25) is 0 Å². The van der Waals surface area contributed by atoms with Gasteiger partial charge in [0, 0.05) is 15.8 Å². The van der Waals surface area contributed by atoms with Crippen molar-refractivity contribution in [1.82, 2.24) is 0 Å². The fourth-order valence-corrected chi connectivity index (χ4v) is 2.12. The minimum Gasteiger partial charge on any atom is -0.461 e. The van der Waals surface area contributed by atoms with Crippen molar-refractivity contribution in [1.29, 1.82) is 0 Å². The van der Waals surface area contributed by atoms with Crippen LogP contribution < -0.4 is 0 Å². The Balaban J connectivity index is 2.74. The van der Waals surface area contributed by atoms with Gasteiger partial charge in [-0.2, -0.15) is 0 Å². The van der Waals surface area contributed by atoms with Crippen molar-refractivity contribution in [2.75, 3.05) is 0 Å². The molecule has 74 valence electrons. The Morgan fingerprint density at radius 3 is 2.64 bits per heavy atom. The first-order valence-electron chi connectivity index (χ1n) is 4.78. The lowest BCUT2D eigenvalue weighted by Gasteiger charge is -1.99. The zero-order chi connectivity index (χ0) is 10.3. The average Bonchev–Trinajstić information content (AvgIpc) is 2.44. The molecular weight excluding hydrogens is 240 g/mol. The molecule has 0 unspecified atom stereocenters. The van der Waals surface area contributed by atoms with Crippen LogP contribution in [-0.2, 0) is 0 Å².